The number of nitrogens with zero attached hydrogens (tertiary/aromatic N) is 1. The lowest BCUT2D eigenvalue weighted by atomic mass is 10.2. The summed E-state index contributed by atoms with van der Waals surface area (Å²) in [5.74, 6) is 0. The highest BCUT2D eigenvalue weighted by Crippen LogP contribution is 2.11. The lowest BCUT2D eigenvalue weighted by Gasteiger charge is -2.22. The van der Waals surface area contributed by atoms with E-state index < -0.39 is 15.3 Å². The predicted molar refractivity (Wildman–Crippen MR) is 85.4 cm³/mol. The van der Waals surface area contributed by atoms with Crippen LogP contribution in [0.3, 0.4) is 0 Å². The van der Waals surface area contributed by atoms with Gasteiger partial charge in [0.2, 0.25) is 0 Å². The van der Waals surface area contributed by atoms with Gasteiger partial charge in [-0.2, -0.15) is 8.42 Å². The molecule has 2 aromatic rings. The number of nitrogens with one attached hydrogen (secondary N) is 1. The monoisotopic (exact) mass is 338 g/mol. The third-order valence-corrected chi connectivity index (χ3v) is 3.58. The van der Waals surface area contributed by atoms with Gasteiger partial charge in [0, 0.05) is 23.8 Å². The molecule has 5 nitrogen and oxygen atoms in total. The van der Waals surface area contributed by atoms with Crippen molar-refractivity contribution in [2.45, 2.75) is 13.1 Å². The molecule has 22 heavy (non-hydrogen) atoms. The highest BCUT2D eigenvalue weighted by molar-refractivity contribution is 8.12. The van der Waals surface area contributed by atoms with Crippen LogP contribution in [0.15, 0.2) is 60.7 Å². The van der Waals surface area contributed by atoms with Gasteiger partial charge in [0.05, 0.1) is 0 Å². The maximum atomic E-state index is 12.1. The third kappa shape index (κ3) is 5.38. The quantitative estimate of drug-likeness (QED) is 0.852. The summed E-state index contributed by atoms with van der Waals surface area (Å²) in [6, 6.07) is 17.8. The van der Waals surface area contributed by atoms with Crippen molar-refractivity contribution in [1.29, 1.82) is 0 Å². The van der Waals surface area contributed by atoms with E-state index in [2.05, 4.69) is 0 Å². The van der Waals surface area contributed by atoms with Gasteiger partial charge >= 0.3 is 15.3 Å². The van der Waals surface area contributed by atoms with Gasteiger partial charge in [0.1, 0.15) is 0 Å². The van der Waals surface area contributed by atoms with Crippen molar-refractivity contribution < 1.29 is 13.2 Å². The Kier molecular flexibility index (Phi) is 5.41. The molecule has 0 spiro atoms. The van der Waals surface area contributed by atoms with Crippen LogP contribution in [0.1, 0.15) is 11.1 Å². The Balaban J connectivity index is 2.18. The van der Waals surface area contributed by atoms with Crippen LogP contribution in [0.25, 0.3) is 0 Å². The van der Waals surface area contributed by atoms with Gasteiger partial charge in [-0.1, -0.05) is 60.7 Å². The molecule has 0 saturated carbocycles. The summed E-state index contributed by atoms with van der Waals surface area (Å²) in [5.41, 5.74) is 1.78. The van der Waals surface area contributed by atoms with Crippen molar-refractivity contribution in [2.75, 3.05) is 0 Å². The van der Waals surface area contributed by atoms with Crippen LogP contribution >= 0.6 is 10.7 Å². The number of hydrogen-bond acceptors (Lipinski definition) is 3. The zero-order valence-electron chi connectivity index (χ0n) is 11.6. The van der Waals surface area contributed by atoms with Crippen LogP contribution in [-0.2, 0) is 22.3 Å². The van der Waals surface area contributed by atoms with E-state index in [1.165, 1.54) is 4.90 Å². The summed E-state index contributed by atoms with van der Waals surface area (Å²) in [6.45, 7) is 0.544. The molecule has 0 heterocycles. The number of rotatable bonds is 5. The van der Waals surface area contributed by atoms with Crippen molar-refractivity contribution in [3.8, 4) is 0 Å². The normalized spacial score (nSPS) is 11.0. The van der Waals surface area contributed by atoms with Crippen LogP contribution < -0.4 is 4.72 Å². The zero-order valence-corrected chi connectivity index (χ0v) is 13.2. The van der Waals surface area contributed by atoms with E-state index in [0.29, 0.717) is 0 Å². The van der Waals surface area contributed by atoms with Crippen LogP contribution in [0.4, 0.5) is 4.79 Å². The Morgan fingerprint density at radius 1 is 0.909 bits per heavy atom. The predicted octanol–water partition coefficient (Wildman–Crippen LogP) is 2.88. The van der Waals surface area contributed by atoms with Gasteiger partial charge in [0.15, 0.2) is 0 Å². The number of carbonyl (C=O) groups excluding carboxylic acids is 1. The second-order valence-electron chi connectivity index (χ2n) is 4.67. The molecule has 0 unspecified atom stereocenters. The minimum absolute atomic E-state index is 0.272. The van der Waals surface area contributed by atoms with Gasteiger partial charge in [-0.05, 0) is 11.1 Å². The summed E-state index contributed by atoms with van der Waals surface area (Å²) in [4.78, 5) is 13.5. The second-order valence-corrected chi connectivity index (χ2v) is 6.97. The summed E-state index contributed by atoms with van der Waals surface area (Å²) >= 11 is 0. The largest absolute Gasteiger partial charge is 0.332 e. The highest BCUT2D eigenvalue weighted by Gasteiger charge is 2.19. The minimum atomic E-state index is -4.12. The Bertz CT molecular complexity index is 679. The number of hydrogen-bond donors (Lipinski definition) is 1. The molecule has 116 valence electrons. The smallest absolute Gasteiger partial charge is 0.315 e. The molecule has 2 aromatic carbocycles. The number of carbonyl (C=O) groups is 1. The molecule has 1 N–H and O–H groups in total. The highest BCUT2D eigenvalue weighted by atomic mass is 35.7. The maximum absolute atomic E-state index is 12.1. The van der Waals surface area contributed by atoms with Crippen molar-refractivity contribution in [1.82, 2.24) is 9.62 Å². The first kappa shape index (κ1) is 16.3. The molecule has 0 aliphatic carbocycles. The number of halogens is 1. The lowest BCUT2D eigenvalue weighted by Crippen LogP contribution is -2.40. The fourth-order valence-corrected chi connectivity index (χ4v) is 2.51. The lowest BCUT2D eigenvalue weighted by molar-refractivity contribution is 0.198. The average molecular weight is 339 g/mol. The Morgan fingerprint density at radius 2 is 1.32 bits per heavy atom. The first-order valence-corrected chi connectivity index (χ1v) is 8.84. The van der Waals surface area contributed by atoms with Gasteiger partial charge in [0.25, 0.3) is 0 Å². The fourth-order valence-electron chi connectivity index (χ4n) is 1.98. The molecule has 0 saturated heterocycles. The van der Waals surface area contributed by atoms with Crippen molar-refractivity contribution >= 4 is 26.0 Å². The first-order valence-electron chi connectivity index (χ1n) is 6.53. The summed E-state index contributed by atoms with van der Waals surface area (Å²) in [7, 11) is 0.970. The van der Waals surface area contributed by atoms with Crippen molar-refractivity contribution in [3.63, 3.8) is 0 Å². The summed E-state index contributed by atoms with van der Waals surface area (Å²) in [5, 5.41) is 0. The standard InChI is InChI=1S/C15H15ClN2O3S/c16-22(20,21)17-15(19)18(11-13-7-3-1-4-8-13)12-14-9-5-2-6-10-14/h1-10H,11-12H2,(H,17,19). The Morgan fingerprint density at radius 3 is 1.68 bits per heavy atom. The zero-order chi connectivity index (χ0) is 16.0. The second kappa shape index (κ2) is 7.29. The molecule has 2 rings (SSSR count). The molecule has 0 aliphatic heterocycles. The van der Waals surface area contributed by atoms with Crippen molar-refractivity contribution in [2.24, 2.45) is 0 Å². The van der Waals surface area contributed by atoms with E-state index in [0.717, 1.165) is 11.1 Å². The van der Waals surface area contributed by atoms with E-state index in [1.54, 1.807) is 4.72 Å². The molecule has 0 bridgehead atoms. The van der Waals surface area contributed by atoms with Crippen LogP contribution in [0.5, 0.6) is 0 Å². The maximum Gasteiger partial charge on any atom is 0.332 e. The van der Waals surface area contributed by atoms with E-state index in [4.69, 9.17) is 10.7 Å². The average Bonchev–Trinajstić information content (AvgIpc) is 2.47. The van der Waals surface area contributed by atoms with Crippen molar-refractivity contribution in [3.05, 3.63) is 71.8 Å². The van der Waals surface area contributed by atoms with E-state index >= 15 is 0 Å². The molecule has 2 amide bonds. The summed E-state index contributed by atoms with van der Waals surface area (Å²) < 4.78 is 23.9. The molecular formula is C15H15ClN2O3S. The van der Waals surface area contributed by atoms with Crippen LogP contribution in [0, 0.1) is 0 Å². The Hall–Kier alpha value is -2.05. The van der Waals surface area contributed by atoms with Gasteiger partial charge in [-0.15, -0.1) is 0 Å². The molecule has 0 aromatic heterocycles. The van der Waals surface area contributed by atoms with E-state index in [1.807, 2.05) is 60.7 Å². The van der Waals surface area contributed by atoms with Crippen LogP contribution in [0.2, 0.25) is 0 Å². The minimum Gasteiger partial charge on any atom is -0.315 e. The number of urea groups is 1. The molecule has 0 atom stereocenters. The number of amides is 2. The molecule has 7 heteroatoms. The van der Waals surface area contributed by atoms with E-state index in [-0.39, 0.29) is 13.1 Å². The molecule has 0 radical (unpaired) electrons. The SMILES string of the molecule is O=C(NS(=O)(=O)Cl)N(Cc1ccccc1)Cc1ccccc1. The topological polar surface area (TPSA) is 66.5 Å². The molecule has 0 aliphatic rings. The van der Waals surface area contributed by atoms with E-state index in [9.17, 15) is 13.2 Å². The van der Waals surface area contributed by atoms with Crippen LogP contribution in [-0.4, -0.2) is 19.3 Å². The Labute approximate surface area is 134 Å². The van der Waals surface area contributed by atoms with Gasteiger partial charge < -0.3 is 4.90 Å². The third-order valence-electron chi connectivity index (χ3n) is 2.93. The molecular weight excluding hydrogens is 324 g/mol. The molecule has 0 fully saturated rings. The fraction of sp³-hybridized carbons (Fsp3) is 0.133. The van der Waals surface area contributed by atoms with Gasteiger partial charge in [-0.25, -0.2) is 9.52 Å². The van der Waals surface area contributed by atoms with Gasteiger partial charge in [-0.3, -0.25) is 0 Å². The number of benzene rings is 2. The summed E-state index contributed by atoms with van der Waals surface area (Å²) in [6.07, 6.45) is 0. The first-order chi connectivity index (χ1) is 10.4.